The Morgan fingerprint density at radius 3 is 2.77 bits per heavy atom. The van der Waals surface area contributed by atoms with Crippen LogP contribution in [0.1, 0.15) is 5.56 Å². The molecule has 3 rings (SSSR count). The third-order valence-corrected chi connectivity index (χ3v) is 3.79. The van der Waals surface area contributed by atoms with Crippen molar-refractivity contribution in [3.63, 3.8) is 0 Å². The maximum Gasteiger partial charge on any atom is 0.332 e. The number of aromatic nitrogens is 2. The van der Waals surface area contributed by atoms with Gasteiger partial charge in [-0.05, 0) is 36.8 Å². The summed E-state index contributed by atoms with van der Waals surface area (Å²) in [6, 6.07) is 15.2. The predicted molar refractivity (Wildman–Crippen MR) is 88.7 cm³/mol. The number of methoxy groups -OCH3 is 1. The molecular weight excluding hydrogens is 298 g/mol. The Labute approximate surface area is 132 Å². The zero-order valence-electron chi connectivity index (χ0n) is 12.2. The molecule has 0 spiro atoms. The van der Waals surface area contributed by atoms with E-state index >= 15 is 0 Å². The van der Waals surface area contributed by atoms with Gasteiger partial charge in [0, 0.05) is 23.3 Å². The van der Waals surface area contributed by atoms with Gasteiger partial charge < -0.3 is 10.1 Å². The molecule has 0 aliphatic heterocycles. The normalized spacial score (nSPS) is 10.5. The summed E-state index contributed by atoms with van der Waals surface area (Å²) >= 11 is 0.925. The average Bonchev–Trinajstić information content (AvgIpc) is 2.88. The first kappa shape index (κ1) is 14.3. The van der Waals surface area contributed by atoms with Gasteiger partial charge in [-0.2, -0.15) is 4.37 Å². The smallest absolute Gasteiger partial charge is 0.332 e. The summed E-state index contributed by atoms with van der Waals surface area (Å²) in [4.78, 5) is 12.0. The van der Waals surface area contributed by atoms with Gasteiger partial charge in [-0.15, -0.1) is 0 Å². The minimum Gasteiger partial charge on any atom is -0.497 e. The molecule has 6 heteroatoms. The molecule has 0 bridgehead atoms. The van der Waals surface area contributed by atoms with Crippen molar-refractivity contribution >= 4 is 23.2 Å². The van der Waals surface area contributed by atoms with Crippen LogP contribution in [-0.4, -0.2) is 16.1 Å². The minimum absolute atomic E-state index is 0.129. The zero-order chi connectivity index (χ0) is 15.5. The molecule has 1 heterocycles. The number of benzene rings is 2. The lowest BCUT2D eigenvalue weighted by molar-refractivity contribution is 0.415. The number of nitrogens with one attached hydrogen (secondary N) is 1. The standard InChI is InChI=1S/C16H15N3O2S/c1-11-5-3-7-13(9-11)19-15(18-22-16(19)20)17-12-6-4-8-14(10-12)21-2/h3-10H,1-2H3,(H,17,18). The Hall–Kier alpha value is -2.60. The highest BCUT2D eigenvalue weighted by Crippen LogP contribution is 2.22. The van der Waals surface area contributed by atoms with Gasteiger partial charge in [0.15, 0.2) is 0 Å². The van der Waals surface area contributed by atoms with Gasteiger partial charge in [0.05, 0.1) is 12.8 Å². The number of hydrogen-bond acceptors (Lipinski definition) is 5. The predicted octanol–water partition coefficient (Wildman–Crippen LogP) is 3.35. The van der Waals surface area contributed by atoms with E-state index in [1.165, 1.54) is 0 Å². The highest BCUT2D eigenvalue weighted by molar-refractivity contribution is 7.03. The number of rotatable bonds is 4. The van der Waals surface area contributed by atoms with E-state index in [1.807, 2.05) is 55.5 Å². The molecule has 0 saturated heterocycles. The van der Waals surface area contributed by atoms with E-state index in [0.29, 0.717) is 5.95 Å². The van der Waals surface area contributed by atoms with Crippen LogP contribution < -0.4 is 14.9 Å². The van der Waals surface area contributed by atoms with Crippen LogP contribution in [0.2, 0.25) is 0 Å². The summed E-state index contributed by atoms with van der Waals surface area (Å²) in [7, 11) is 1.62. The van der Waals surface area contributed by atoms with Crippen LogP contribution in [-0.2, 0) is 0 Å². The van der Waals surface area contributed by atoms with Crippen LogP contribution >= 0.6 is 11.5 Å². The fourth-order valence-electron chi connectivity index (χ4n) is 2.15. The molecule has 0 amide bonds. The van der Waals surface area contributed by atoms with Crippen molar-refractivity contribution < 1.29 is 4.74 Å². The fraction of sp³-hybridized carbons (Fsp3) is 0.125. The monoisotopic (exact) mass is 313 g/mol. The van der Waals surface area contributed by atoms with Crippen LogP contribution in [0.3, 0.4) is 0 Å². The van der Waals surface area contributed by atoms with E-state index in [4.69, 9.17) is 4.74 Å². The van der Waals surface area contributed by atoms with Crippen molar-refractivity contribution in [2.45, 2.75) is 6.92 Å². The van der Waals surface area contributed by atoms with E-state index in [-0.39, 0.29) is 4.87 Å². The average molecular weight is 313 g/mol. The van der Waals surface area contributed by atoms with Crippen LogP contribution in [0.25, 0.3) is 5.69 Å². The Morgan fingerprint density at radius 1 is 1.18 bits per heavy atom. The highest BCUT2D eigenvalue weighted by Gasteiger charge is 2.11. The molecule has 0 aliphatic carbocycles. The number of anilines is 2. The van der Waals surface area contributed by atoms with Crippen molar-refractivity contribution in [2.24, 2.45) is 0 Å². The van der Waals surface area contributed by atoms with Crippen LogP contribution in [0.4, 0.5) is 11.6 Å². The fourth-order valence-corrected chi connectivity index (χ4v) is 2.72. The molecule has 0 aliphatic rings. The summed E-state index contributed by atoms with van der Waals surface area (Å²) in [6.07, 6.45) is 0. The molecular formula is C16H15N3O2S. The lowest BCUT2D eigenvalue weighted by Crippen LogP contribution is -2.13. The molecule has 3 aromatic rings. The van der Waals surface area contributed by atoms with Crippen molar-refractivity contribution in [3.8, 4) is 11.4 Å². The van der Waals surface area contributed by atoms with Gasteiger partial charge in [0.25, 0.3) is 0 Å². The van der Waals surface area contributed by atoms with E-state index in [9.17, 15) is 4.79 Å². The van der Waals surface area contributed by atoms with Gasteiger partial charge >= 0.3 is 4.87 Å². The Morgan fingerprint density at radius 2 is 2.00 bits per heavy atom. The van der Waals surface area contributed by atoms with E-state index in [2.05, 4.69) is 9.69 Å². The van der Waals surface area contributed by atoms with Gasteiger partial charge in [-0.3, -0.25) is 4.79 Å². The maximum atomic E-state index is 12.1. The summed E-state index contributed by atoms with van der Waals surface area (Å²) in [5.41, 5.74) is 2.69. The summed E-state index contributed by atoms with van der Waals surface area (Å²) in [6.45, 7) is 1.99. The molecule has 0 atom stereocenters. The van der Waals surface area contributed by atoms with Gasteiger partial charge in [0.1, 0.15) is 5.75 Å². The van der Waals surface area contributed by atoms with Crippen molar-refractivity contribution in [1.82, 2.24) is 8.94 Å². The first-order valence-corrected chi connectivity index (χ1v) is 7.51. The summed E-state index contributed by atoms with van der Waals surface area (Å²) in [5, 5.41) is 3.17. The highest BCUT2D eigenvalue weighted by atomic mass is 32.1. The van der Waals surface area contributed by atoms with E-state index in [1.54, 1.807) is 11.7 Å². The second kappa shape index (κ2) is 6.03. The number of nitrogens with zero attached hydrogens (tertiary/aromatic N) is 2. The number of aryl methyl sites for hydroxylation is 1. The number of hydrogen-bond donors (Lipinski definition) is 1. The van der Waals surface area contributed by atoms with Crippen LogP contribution in [0, 0.1) is 6.92 Å². The Bertz CT molecular complexity index is 854. The zero-order valence-corrected chi connectivity index (χ0v) is 13.1. The minimum atomic E-state index is -0.129. The molecule has 1 N–H and O–H groups in total. The topological polar surface area (TPSA) is 56.1 Å². The van der Waals surface area contributed by atoms with Gasteiger partial charge in [-0.1, -0.05) is 18.2 Å². The lowest BCUT2D eigenvalue weighted by atomic mass is 10.2. The number of ether oxygens (including phenoxy) is 1. The van der Waals surface area contributed by atoms with Crippen LogP contribution in [0.5, 0.6) is 5.75 Å². The summed E-state index contributed by atoms with van der Waals surface area (Å²) < 4.78 is 11.0. The Balaban J connectivity index is 2.00. The molecule has 5 nitrogen and oxygen atoms in total. The lowest BCUT2D eigenvalue weighted by Gasteiger charge is -2.10. The summed E-state index contributed by atoms with van der Waals surface area (Å²) in [5.74, 6) is 1.23. The molecule has 112 valence electrons. The van der Waals surface area contributed by atoms with Gasteiger partial charge in [-0.25, -0.2) is 4.57 Å². The first-order valence-electron chi connectivity index (χ1n) is 6.74. The molecule has 0 radical (unpaired) electrons. The maximum absolute atomic E-state index is 12.1. The van der Waals surface area contributed by atoms with Gasteiger partial charge in [0.2, 0.25) is 5.95 Å². The molecule has 2 aromatic carbocycles. The Kier molecular flexibility index (Phi) is 3.93. The molecule has 0 unspecified atom stereocenters. The third-order valence-electron chi connectivity index (χ3n) is 3.19. The van der Waals surface area contributed by atoms with Crippen LogP contribution in [0.15, 0.2) is 53.3 Å². The second-order valence-corrected chi connectivity index (χ2v) is 5.52. The quantitative estimate of drug-likeness (QED) is 0.802. The molecule has 0 saturated carbocycles. The molecule has 22 heavy (non-hydrogen) atoms. The molecule has 0 fully saturated rings. The van der Waals surface area contributed by atoms with Crippen molar-refractivity contribution in [3.05, 3.63) is 63.8 Å². The third kappa shape index (κ3) is 2.87. The van der Waals surface area contributed by atoms with Crippen molar-refractivity contribution in [2.75, 3.05) is 12.4 Å². The second-order valence-electron chi connectivity index (χ2n) is 4.80. The van der Waals surface area contributed by atoms with E-state index < -0.39 is 0 Å². The largest absolute Gasteiger partial charge is 0.497 e. The van der Waals surface area contributed by atoms with E-state index in [0.717, 1.165) is 34.2 Å². The van der Waals surface area contributed by atoms with Crippen molar-refractivity contribution in [1.29, 1.82) is 0 Å². The SMILES string of the molecule is COc1cccc(Nc2nsc(=O)n2-c2cccc(C)c2)c1. The molecule has 1 aromatic heterocycles. The first-order chi connectivity index (χ1) is 10.7.